The first-order chi connectivity index (χ1) is 6.65. The molecule has 1 amide bonds. The Bertz CT molecular complexity index is 393. The van der Waals surface area contributed by atoms with Crippen LogP contribution in [-0.4, -0.2) is 5.91 Å². The monoisotopic (exact) mass is 251 g/mol. The molecule has 0 aliphatic heterocycles. The van der Waals surface area contributed by atoms with E-state index >= 15 is 0 Å². The highest BCUT2D eigenvalue weighted by molar-refractivity contribution is 9.10. The number of anilines is 1. The summed E-state index contributed by atoms with van der Waals surface area (Å²) in [6, 6.07) is 5.63. The number of carbonyl (C=O) groups excluding carboxylic acids is 1. The second kappa shape index (κ2) is 4.83. The van der Waals surface area contributed by atoms with Gasteiger partial charge in [0.1, 0.15) is 0 Å². The zero-order valence-electron chi connectivity index (χ0n) is 7.80. The lowest BCUT2D eigenvalue weighted by atomic mass is 10.2. The molecule has 14 heavy (non-hydrogen) atoms. The Morgan fingerprint density at radius 1 is 1.64 bits per heavy atom. The van der Waals surface area contributed by atoms with E-state index in [1.54, 1.807) is 0 Å². The Labute approximate surface area is 91.8 Å². The smallest absolute Gasteiger partial charge is 0.236 e. The number of carbonyl (C=O) groups is 1. The quantitative estimate of drug-likeness (QED) is 0.805. The molecule has 3 heteroatoms. The van der Waals surface area contributed by atoms with Gasteiger partial charge in [0, 0.05) is 10.2 Å². The molecule has 0 saturated carbocycles. The van der Waals surface area contributed by atoms with Crippen LogP contribution in [0.15, 0.2) is 22.7 Å². The van der Waals surface area contributed by atoms with Crippen molar-refractivity contribution >= 4 is 27.5 Å². The molecular formula is C11H10BrNO. The fourth-order valence-electron chi connectivity index (χ4n) is 1.03. The minimum absolute atomic E-state index is 0.103. The van der Waals surface area contributed by atoms with Gasteiger partial charge < -0.3 is 5.32 Å². The first-order valence-corrected chi connectivity index (χ1v) is 4.93. The number of halogens is 1. The molecule has 0 aliphatic carbocycles. The van der Waals surface area contributed by atoms with Gasteiger partial charge in [0.2, 0.25) is 5.91 Å². The fourth-order valence-corrected chi connectivity index (χ4v) is 1.40. The third-order valence-electron chi connectivity index (χ3n) is 1.80. The van der Waals surface area contributed by atoms with E-state index in [4.69, 9.17) is 6.42 Å². The van der Waals surface area contributed by atoms with Crippen molar-refractivity contribution < 1.29 is 4.79 Å². The fraction of sp³-hybridized carbons (Fsp3) is 0.182. The van der Waals surface area contributed by atoms with Crippen molar-refractivity contribution in [1.82, 2.24) is 0 Å². The molecule has 1 aromatic rings. The normalized spacial score (nSPS) is 9.21. The summed E-state index contributed by atoms with van der Waals surface area (Å²) in [4.78, 5) is 11.2. The Kier molecular flexibility index (Phi) is 3.73. The molecule has 0 saturated heterocycles. The number of hydrogen-bond acceptors (Lipinski definition) is 1. The van der Waals surface area contributed by atoms with Gasteiger partial charge in [0.05, 0.1) is 6.42 Å². The van der Waals surface area contributed by atoms with Gasteiger partial charge in [-0.25, -0.2) is 0 Å². The topological polar surface area (TPSA) is 29.1 Å². The Morgan fingerprint density at radius 3 is 3.00 bits per heavy atom. The second-order valence-electron chi connectivity index (χ2n) is 2.84. The Balaban J connectivity index is 2.83. The third kappa shape index (κ3) is 2.61. The van der Waals surface area contributed by atoms with Crippen LogP contribution in [0.2, 0.25) is 0 Å². The third-order valence-corrected chi connectivity index (χ3v) is 2.66. The van der Waals surface area contributed by atoms with Crippen molar-refractivity contribution in [2.75, 3.05) is 5.32 Å². The molecule has 0 radical (unpaired) electrons. The molecule has 0 aliphatic rings. The summed E-state index contributed by atoms with van der Waals surface area (Å²) < 4.78 is 0.969. The summed E-state index contributed by atoms with van der Waals surface area (Å²) >= 11 is 3.38. The minimum atomic E-state index is -0.159. The standard InChI is InChI=1S/C11H10BrNO/c1-3-5-11(14)13-10-7-4-6-9(12)8(10)2/h1,4,6-7H,5H2,2H3,(H,13,14). The molecule has 1 N–H and O–H groups in total. The summed E-state index contributed by atoms with van der Waals surface area (Å²) in [5.74, 6) is 2.14. The van der Waals surface area contributed by atoms with Crippen molar-refractivity contribution in [3.63, 3.8) is 0 Å². The van der Waals surface area contributed by atoms with E-state index in [1.807, 2.05) is 25.1 Å². The van der Waals surface area contributed by atoms with E-state index < -0.39 is 0 Å². The molecule has 72 valence electrons. The van der Waals surface area contributed by atoms with Gasteiger partial charge in [-0.15, -0.1) is 6.42 Å². The average molecular weight is 252 g/mol. The van der Waals surface area contributed by atoms with Crippen molar-refractivity contribution in [3.8, 4) is 12.3 Å². The van der Waals surface area contributed by atoms with Crippen LogP contribution in [0.4, 0.5) is 5.69 Å². The number of amides is 1. The minimum Gasteiger partial charge on any atom is -0.325 e. The number of benzene rings is 1. The highest BCUT2D eigenvalue weighted by atomic mass is 79.9. The molecule has 0 aromatic heterocycles. The molecule has 0 spiro atoms. The van der Waals surface area contributed by atoms with Gasteiger partial charge in [-0.2, -0.15) is 0 Å². The van der Waals surface area contributed by atoms with Gasteiger partial charge in [-0.1, -0.05) is 27.9 Å². The van der Waals surface area contributed by atoms with E-state index in [9.17, 15) is 4.79 Å². The van der Waals surface area contributed by atoms with Crippen LogP contribution in [0.5, 0.6) is 0 Å². The van der Waals surface area contributed by atoms with Crippen LogP contribution in [-0.2, 0) is 4.79 Å². The van der Waals surface area contributed by atoms with Gasteiger partial charge in [0.15, 0.2) is 0 Å². The van der Waals surface area contributed by atoms with E-state index in [0.29, 0.717) is 0 Å². The van der Waals surface area contributed by atoms with Crippen molar-refractivity contribution in [2.45, 2.75) is 13.3 Å². The molecule has 0 atom stereocenters. The van der Waals surface area contributed by atoms with E-state index in [2.05, 4.69) is 27.2 Å². The molecule has 1 aromatic carbocycles. The molecule has 1 rings (SSSR count). The highest BCUT2D eigenvalue weighted by Crippen LogP contribution is 2.23. The SMILES string of the molecule is C#CCC(=O)Nc1cccc(Br)c1C. The van der Waals surface area contributed by atoms with Gasteiger partial charge in [-0.3, -0.25) is 4.79 Å². The van der Waals surface area contributed by atoms with Crippen LogP contribution in [0.25, 0.3) is 0 Å². The summed E-state index contributed by atoms with van der Waals surface area (Å²) in [6.07, 6.45) is 5.13. The first-order valence-electron chi connectivity index (χ1n) is 4.13. The number of rotatable bonds is 2. The van der Waals surface area contributed by atoms with Gasteiger partial charge in [-0.05, 0) is 24.6 Å². The van der Waals surface area contributed by atoms with Crippen LogP contribution < -0.4 is 5.32 Å². The van der Waals surface area contributed by atoms with Crippen molar-refractivity contribution in [1.29, 1.82) is 0 Å². The van der Waals surface area contributed by atoms with Crippen LogP contribution in [0, 0.1) is 19.3 Å². The first kappa shape index (κ1) is 10.8. The zero-order valence-corrected chi connectivity index (χ0v) is 9.39. The maximum atomic E-state index is 11.2. The number of hydrogen-bond donors (Lipinski definition) is 1. The van der Waals surface area contributed by atoms with Crippen LogP contribution >= 0.6 is 15.9 Å². The molecule has 2 nitrogen and oxygen atoms in total. The van der Waals surface area contributed by atoms with E-state index in [-0.39, 0.29) is 12.3 Å². The molecule has 0 bridgehead atoms. The average Bonchev–Trinajstić information content (AvgIpc) is 2.13. The van der Waals surface area contributed by atoms with E-state index in [0.717, 1.165) is 15.7 Å². The summed E-state index contributed by atoms with van der Waals surface area (Å²) in [5, 5.41) is 2.74. The Hall–Kier alpha value is -1.27. The lowest BCUT2D eigenvalue weighted by Gasteiger charge is -2.07. The maximum absolute atomic E-state index is 11.2. The summed E-state index contributed by atoms with van der Waals surface area (Å²) in [6.45, 7) is 1.93. The number of terminal acetylenes is 1. The van der Waals surface area contributed by atoms with Gasteiger partial charge in [0.25, 0.3) is 0 Å². The number of nitrogens with one attached hydrogen (secondary N) is 1. The molecule has 0 unspecified atom stereocenters. The summed E-state index contributed by atoms with van der Waals surface area (Å²) in [7, 11) is 0. The largest absolute Gasteiger partial charge is 0.325 e. The van der Waals surface area contributed by atoms with Gasteiger partial charge >= 0.3 is 0 Å². The highest BCUT2D eigenvalue weighted by Gasteiger charge is 2.04. The molecule has 0 heterocycles. The predicted octanol–water partition coefficient (Wildman–Crippen LogP) is 2.72. The van der Waals surface area contributed by atoms with Crippen LogP contribution in [0.1, 0.15) is 12.0 Å². The lowest BCUT2D eigenvalue weighted by Crippen LogP contribution is -2.11. The zero-order chi connectivity index (χ0) is 10.6. The van der Waals surface area contributed by atoms with E-state index in [1.165, 1.54) is 0 Å². The Morgan fingerprint density at radius 2 is 2.36 bits per heavy atom. The van der Waals surface area contributed by atoms with Crippen LogP contribution in [0.3, 0.4) is 0 Å². The molecule has 0 fully saturated rings. The molecular weight excluding hydrogens is 242 g/mol. The maximum Gasteiger partial charge on any atom is 0.236 e. The van der Waals surface area contributed by atoms with Crippen molar-refractivity contribution in [3.05, 3.63) is 28.2 Å². The van der Waals surface area contributed by atoms with Crippen molar-refractivity contribution in [2.24, 2.45) is 0 Å². The second-order valence-corrected chi connectivity index (χ2v) is 3.70. The lowest BCUT2D eigenvalue weighted by molar-refractivity contribution is -0.115. The predicted molar refractivity (Wildman–Crippen MR) is 61.0 cm³/mol. The summed E-state index contributed by atoms with van der Waals surface area (Å²) in [5.41, 5.74) is 1.79.